The number of rotatable bonds is 2. The van der Waals surface area contributed by atoms with Crippen LogP contribution in [0.15, 0.2) is 52.9 Å². The molecule has 3 aromatic rings. The van der Waals surface area contributed by atoms with Gasteiger partial charge in [-0.3, -0.25) is 0 Å². The molecule has 4 rings (SSSR count). The summed E-state index contributed by atoms with van der Waals surface area (Å²) in [6.45, 7) is 3.83. The molecule has 0 amide bonds. The zero-order chi connectivity index (χ0) is 14.1. The lowest BCUT2D eigenvalue weighted by Gasteiger charge is -2.25. The summed E-state index contributed by atoms with van der Waals surface area (Å²) in [6, 6.07) is 17.2. The maximum atomic E-state index is 5.96. The van der Waals surface area contributed by atoms with Crippen LogP contribution in [0.2, 0.25) is 0 Å². The topological polar surface area (TPSA) is 41.3 Å². The van der Waals surface area contributed by atoms with Crippen LogP contribution >= 0.6 is 0 Å². The fraction of sp³-hybridized carbons (Fsp3) is 0.235. The zero-order valence-corrected chi connectivity index (χ0v) is 11.7. The van der Waals surface area contributed by atoms with Gasteiger partial charge in [0.15, 0.2) is 5.58 Å². The molecule has 0 bridgehead atoms. The maximum absolute atomic E-state index is 5.96. The van der Waals surface area contributed by atoms with E-state index in [1.54, 1.807) is 0 Å². The molecular weight excluding hydrogens is 262 g/mol. The van der Waals surface area contributed by atoms with E-state index in [1.165, 1.54) is 5.56 Å². The van der Waals surface area contributed by atoms with Gasteiger partial charge >= 0.3 is 0 Å². The molecule has 0 aliphatic carbocycles. The van der Waals surface area contributed by atoms with Gasteiger partial charge in [0.25, 0.3) is 6.01 Å². The molecule has 1 aliphatic rings. The van der Waals surface area contributed by atoms with Crippen molar-refractivity contribution in [1.29, 1.82) is 0 Å². The average molecular weight is 279 g/mol. The van der Waals surface area contributed by atoms with E-state index < -0.39 is 0 Å². The third-order valence-corrected chi connectivity index (χ3v) is 3.88. The van der Waals surface area contributed by atoms with E-state index in [4.69, 9.17) is 9.40 Å². The van der Waals surface area contributed by atoms with Gasteiger partial charge in [-0.15, -0.1) is 0 Å². The van der Waals surface area contributed by atoms with E-state index in [0.717, 1.165) is 48.9 Å². The predicted octanol–water partition coefficient (Wildman–Crippen LogP) is 2.90. The molecule has 0 spiro atoms. The van der Waals surface area contributed by atoms with Gasteiger partial charge in [0.2, 0.25) is 0 Å². The quantitative estimate of drug-likeness (QED) is 0.783. The number of anilines is 1. The van der Waals surface area contributed by atoms with E-state index in [9.17, 15) is 0 Å². The third-order valence-electron chi connectivity index (χ3n) is 3.88. The Balaban J connectivity index is 1.80. The first-order chi connectivity index (χ1) is 10.4. The molecule has 0 saturated carbocycles. The molecule has 1 N–H and O–H groups in total. The molecular formula is C17H17N3O. The van der Waals surface area contributed by atoms with Crippen LogP contribution in [0.3, 0.4) is 0 Å². The number of hydrogen-bond donors (Lipinski definition) is 1. The zero-order valence-electron chi connectivity index (χ0n) is 11.7. The minimum Gasteiger partial charge on any atom is -0.423 e. The fourth-order valence-corrected chi connectivity index (χ4v) is 2.78. The van der Waals surface area contributed by atoms with Crippen LogP contribution in [0.4, 0.5) is 6.01 Å². The van der Waals surface area contributed by atoms with Crippen molar-refractivity contribution in [2.75, 3.05) is 31.1 Å². The van der Waals surface area contributed by atoms with Gasteiger partial charge in [-0.25, -0.2) is 0 Å². The van der Waals surface area contributed by atoms with Crippen molar-refractivity contribution in [3.05, 3.63) is 48.5 Å². The third kappa shape index (κ3) is 2.28. The van der Waals surface area contributed by atoms with E-state index in [1.807, 2.05) is 30.3 Å². The van der Waals surface area contributed by atoms with Crippen molar-refractivity contribution in [2.45, 2.75) is 0 Å². The maximum Gasteiger partial charge on any atom is 0.298 e. The number of para-hydroxylation sites is 1. The van der Waals surface area contributed by atoms with Gasteiger partial charge in [-0.05, 0) is 11.6 Å². The molecule has 1 aromatic heterocycles. The SMILES string of the molecule is c1ccc(-c2cccc3oc(N4CCNCC4)nc23)cc1. The summed E-state index contributed by atoms with van der Waals surface area (Å²) >= 11 is 0. The van der Waals surface area contributed by atoms with E-state index in [2.05, 4.69) is 28.4 Å². The van der Waals surface area contributed by atoms with Gasteiger partial charge < -0.3 is 14.6 Å². The fourth-order valence-electron chi connectivity index (χ4n) is 2.78. The molecule has 2 heterocycles. The lowest BCUT2D eigenvalue weighted by molar-refractivity contribution is 0.517. The van der Waals surface area contributed by atoms with Gasteiger partial charge in [0.05, 0.1) is 0 Å². The summed E-state index contributed by atoms with van der Waals surface area (Å²) in [6.07, 6.45) is 0. The molecule has 0 atom stereocenters. The summed E-state index contributed by atoms with van der Waals surface area (Å²) in [5.74, 6) is 0. The van der Waals surface area contributed by atoms with Crippen molar-refractivity contribution in [1.82, 2.24) is 10.3 Å². The molecule has 21 heavy (non-hydrogen) atoms. The number of fused-ring (bicyclic) bond motifs is 1. The minimum atomic E-state index is 0.731. The molecule has 106 valence electrons. The normalized spacial score (nSPS) is 15.5. The van der Waals surface area contributed by atoms with E-state index >= 15 is 0 Å². The Morgan fingerprint density at radius 2 is 1.76 bits per heavy atom. The Kier molecular flexibility index (Phi) is 3.09. The highest BCUT2D eigenvalue weighted by molar-refractivity contribution is 5.91. The number of nitrogens with zero attached hydrogens (tertiary/aromatic N) is 2. The Morgan fingerprint density at radius 1 is 0.952 bits per heavy atom. The lowest BCUT2D eigenvalue weighted by Crippen LogP contribution is -2.43. The summed E-state index contributed by atoms with van der Waals surface area (Å²) in [4.78, 5) is 6.94. The van der Waals surface area contributed by atoms with Crippen LogP contribution in [0.5, 0.6) is 0 Å². The first-order valence-electron chi connectivity index (χ1n) is 7.32. The lowest BCUT2D eigenvalue weighted by atomic mass is 10.0. The smallest absolute Gasteiger partial charge is 0.298 e. The molecule has 0 unspecified atom stereocenters. The summed E-state index contributed by atoms with van der Waals surface area (Å²) in [5, 5.41) is 3.34. The van der Waals surface area contributed by atoms with Crippen molar-refractivity contribution >= 4 is 17.1 Å². The number of hydrogen-bond acceptors (Lipinski definition) is 4. The second-order valence-corrected chi connectivity index (χ2v) is 5.25. The van der Waals surface area contributed by atoms with Crippen LogP contribution in [0.25, 0.3) is 22.2 Å². The van der Waals surface area contributed by atoms with Crippen molar-refractivity contribution in [3.63, 3.8) is 0 Å². The highest BCUT2D eigenvalue weighted by atomic mass is 16.4. The van der Waals surface area contributed by atoms with Crippen LogP contribution in [-0.2, 0) is 0 Å². The number of piperazine rings is 1. The highest BCUT2D eigenvalue weighted by Gasteiger charge is 2.18. The second-order valence-electron chi connectivity index (χ2n) is 5.25. The Bertz CT molecular complexity index is 745. The molecule has 4 heteroatoms. The average Bonchev–Trinajstić information content (AvgIpc) is 3.00. The van der Waals surface area contributed by atoms with Crippen LogP contribution < -0.4 is 10.2 Å². The highest BCUT2D eigenvalue weighted by Crippen LogP contribution is 2.31. The van der Waals surface area contributed by atoms with E-state index in [0.29, 0.717) is 0 Å². The summed E-state index contributed by atoms with van der Waals surface area (Å²) in [5.41, 5.74) is 4.09. The molecule has 4 nitrogen and oxygen atoms in total. The number of benzene rings is 2. The largest absolute Gasteiger partial charge is 0.423 e. The molecule has 0 radical (unpaired) electrons. The van der Waals surface area contributed by atoms with Gasteiger partial charge in [0, 0.05) is 31.7 Å². The van der Waals surface area contributed by atoms with E-state index in [-0.39, 0.29) is 0 Å². The van der Waals surface area contributed by atoms with Gasteiger partial charge in [-0.2, -0.15) is 4.98 Å². The molecule has 1 saturated heterocycles. The van der Waals surface area contributed by atoms with Crippen molar-refractivity contribution in [2.24, 2.45) is 0 Å². The number of oxazole rings is 1. The molecule has 1 aliphatic heterocycles. The Labute approximate surface area is 123 Å². The first kappa shape index (κ1) is 12.4. The minimum absolute atomic E-state index is 0.731. The first-order valence-corrected chi connectivity index (χ1v) is 7.32. The van der Waals surface area contributed by atoms with Gasteiger partial charge in [-0.1, -0.05) is 42.5 Å². The second kappa shape index (κ2) is 5.22. The summed E-state index contributed by atoms with van der Waals surface area (Å²) in [7, 11) is 0. The van der Waals surface area contributed by atoms with Crippen LogP contribution in [0, 0.1) is 0 Å². The number of aromatic nitrogens is 1. The van der Waals surface area contributed by atoms with Crippen LogP contribution in [0.1, 0.15) is 0 Å². The van der Waals surface area contributed by atoms with Crippen molar-refractivity contribution in [3.8, 4) is 11.1 Å². The Hall–Kier alpha value is -2.33. The Morgan fingerprint density at radius 3 is 2.57 bits per heavy atom. The molecule has 1 fully saturated rings. The number of nitrogens with one attached hydrogen (secondary N) is 1. The monoisotopic (exact) mass is 279 g/mol. The predicted molar refractivity (Wildman–Crippen MR) is 84.5 cm³/mol. The van der Waals surface area contributed by atoms with Crippen LogP contribution in [-0.4, -0.2) is 31.2 Å². The van der Waals surface area contributed by atoms with Crippen molar-refractivity contribution < 1.29 is 4.42 Å². The molecule has 2 aromatic carbocycles. The van der Waals surface area contributed by atoms with Gasteiger partial charge in [0.1, 0.15) is 5.52 Å². The summed E-state index contributed by atoms with van der Waals surface area (Å²) < 4.78 is 5.96. The standard InChI is InChI=1S/C17H17N3O/c1-2-5-13(6-3-1)14-7-4-8-15-16(14)19-17(21-15)20-11-9-18-10-12-20/h1-8,18H,9-12H2.